The van der Waals surface area contributed by atoms with Crippen LogP contribution in [0.2, 0.25) is 0 Å². The van der Waals surface area contributed by atoms with Gasteiger partial charge in [-0.15, -0.1) is 0 Å². The van der Waals surface area contributed by atoms with Gasteiger partial charge in [-0.1, -0.05) is 0 Å². The molecule has 0 unspecified atom stereocenters. The average molecular weight is 195 g/mol. The van der Waals surface area contributed by atoms with Crippen LogP contribution < -0.4 is 0 Å². The largest absolute Gasteiger partial charge is 0.388 e. The van der Waals surface area contributed by atoms with Gasteiger partial charge in [0.15, 0.2) is 5.78 Å². The van der Waals surface area contributed by atoms with E-state index in [1.807, 2.05) is 0 Å². The van der Waals surface area contributed by atoms with E-state index >= 15 is 0 Å². The number of nitro groups is 1. The van der Waals surface area contributed by atoms with Crippen molar-refractivity contribution < 1.29 is 14.8 Å². The van der Waals surface area contributed by atoms with Crippen molar-refractivity contribution in [2.24, 2.45) is 0 Å². The van der Waals surface area contributed by atoms with Crippen molar-refractivity contribution in [3.8, 4) is 0 Å². The van der Waals surface area contributed by atoms with E-state index in [9.17, 15) is 14.9 Å². The number of nitrogens with zero attached hydrogens (tertiary/aromatic N) is 1. The van der Waals surface area contributed by atoms with Crippen LogP contribution in [0, 0.1) is 17.0 Å². The summed E-state index contributed by atoms with van der Waals surface area (Å²) in [7, 11) is 0. The molecule has 0 heterocycles. The highest BCUT2D eigenvalue weighted by atomic mass is 16.6. The molecule has 1 rings (SSSR count). The Labute approximate surface area is 80.1 Å². The molecule has 1 N–H and O–H groups in total. The fourth-order valence-corrected chi connectivity index (χ4v) is 1.13. The number of rotatable bonds is 3. The van der Waals surface area contributed by atoms with E-state index in [2.05, 4.69) is 0 Å². The predicted octanol–water partition coefficient (Wildman–Crippen LogP) is 1.08. The Hall–Kier alpha value is -1.75. The van der Waals surface area contributed by atoms with Gasteiger partial charge in [0, 0.05) is 17.2 Å². The van der Waals surface area contributed by atoms with E-state index in [1.54, 1.807) is 6.92 Å². The van der Waals surface area contributed by atoms with E-state index < -0.39 is 17.3 Å². The summed E-state index contributed by atoms with van der Waals surface area (Å²) < 4.78 is 0. The Kier molecular flexibility index (Phi) is 2.93. The molecule has 74 valence electrons. The van der Waals surface area contributed by atoms with Crippen molar-refractivity contribution in [2.45, 2.75) is 6.92 Å². The summed E-state index contributed by atoms with van der Waals surface area (Å²) in [6.45, 7) is 0.962. The Morgan fingerprint density at radius 1 is 1.57 bits per heavy atom. The van der Waals surface area contributed by atoms with Gasteiger partial charge in [-0.05, 0) is 19.1 Å². The van der Waals surface area contributed by atoms with Crippen LogP contribution in [0.15, 0.2) is 18.2 Å². The molecule has 0 aliphatic rings. The standard InChI is InChI=1S/C9H9NO4/c1-6-4-7(9(12)5-11)2-3-8(6)10(13)14/h2-4,11H,5H2,1H3. The van der Waals surface area contributed by atoms with Crippen molar-refractivity contribution >= 4 is 11.5 Å². The second-order valence-electron chi connectivity index (χ2n) is 2.84. The molecule has 0 saturated heterocycles. The molecule has 1 aromatic carbocycles. The Bertz CT molecular complexity index is 386. The highest BCUT2D eigenvalue weighted by molar-refractivity contribution is 5.97. The van der Waals surface area contributed by atoms with Crippen molar-refractivity contribution in [1.29, 1.82) is 0 Å². The van der Waals surface area contributed by atoms with Gasteiger partial charge in [0.25, 0.3) is 5.69 Å². The summed E-state index contributed by atoms with van der Waals surface area (Å²) in [4.78, 5) is 21.0. The normalized spacial score (nSPS) is 9.86. The number of nitro benzene ring substituents is 1. The third-order valence-corrected chi connectivity index (χ3v) is 1.86. The number of ketones is 1. The molecule has 0 atom stereocenters. The highest BCUT2D eigenvalue weighted by Gasteiger charge is 2.12. The van der Waals surface area contributed by atoms with Gasteiger partial charge in [0.1, 0.15) is 6.61 Å². The third kappa shape index (κ3) is 1.94. The maximum absolute atomic E-state index is 11.0. The van der Waals surface area contributed by atoms with Gasteiger partial charge in [-0.25, -0.2) is 0 Å². The van der Waals surface area contributed by atoms with Crippen LogP contribution in [-0.4, -0.2) is 22.4 Å². The summed E-state index contributed by atoms with van der Waals surface area (Å²) >= 11 is 0. The molecule has 1 aromatic rings. The lowest BCUT2D eigenvalue weighted by atomic mass is 10.1. The summed E-state index contributed by atoms with van der Waals surface area (Å²) in [5.74, 6) is -0.442. The highest BCUT2D eigenvalue weighted by Crippen LogP contribution is 2.18. The van der Waals surface area contributed by atoms with Crippen LogP contribution in [-0.2, 0) is 0 Å². The van der Waals surface area contributed by atoms with Crippen molar-refractivity contribution in [2.75, 3.05) is 6.61 Å². The van der Waals surface area contributed by atoms with Gasteiger partial charge in [0.05, 0.1) is 4.92 Å². The Morgan fingerprint density at radius 2 is 2.21 bits per heavy atom. The molecule has 5 heteroatoms. The molecule has 0 bridgehead atoms. The molecule has 0 saturated carbocycles. The number of benzene rings is 1. The van der Waals surface area contributed by atoms with Gasteiger partial charge in [-0.2, -0.15) is 0 Å². The number of hydrogen-bond acceptors (Lipinski definition) is 4. The smallest absolute Gasteiger partial charge is 0.272 e. The van der Waals surface area contributed by atoms with Crippen LogP contribution >= 0.6 is 0 Å². The van der Waals surface area contributed by atoms with E-state index in [1.165, 1.54) is 18.2 Å². The lowest BCUT2D eigenvalue weighted by molar-refractivity contribution is -0.385. The van der Waals surface area contributed by atoms with E-state index in [0.29, 0.717) is 5.56 Å². The van der Waals surface area contributed by atoms with Crippen LogP contribution in [0.25, 0.3) is 0 Å². The second-order valence-corrected chi connectivity index (χ2v) is 2.84. The monoisotopic (exact) mass is 195 g/mol. The number of hydrogen-bond donors (Lipinski definition) is 1. The zero-order valence-corrected chi connectivity index (χ0v) is 7.56. The van der Waals surface area contributed by atoms with Gasteiger partial charge < -0.3 is 5.11 Å². The lowest BCUT2D eigenvalue weighted by Gasteiger charge is -2.00. The molecule has 14 heavy (non-hydrogen) atoms. The third-order valence-electron chi connectivity index (χ3n) is 1.86. The molecule has 0 spiro atoms. The molecule has 0 fully saturated rings. The zero-order chi connectivity index (χ0) is 10.7. The van der Waals surface area contributed by atoms with E-state index in [4.69, 9.17) is 5.11 Å². The number of Topliss-reactive ketones (excluding diaryl/α,β-unsaturated/α-hetero) is 1. The summed E-state index contributed by atoms with van der Waals surface area (Å²) in [5, 5.41) is 19.0. The maximum atomic E-state index is 11.0. The van der Waals surface area contributed by atoms with Crippen LogP contribution in [0.1, 0.15) is 15.9 Å². The zero-order valence-electron chi connectivity index (χ0n) is 7.56. The van der Waals surface area contributed by atoms with Gasteiger partial charge in [0.2, 0.25) is 0 Å². The molecule has 0 aromatic heterocycles. The minimum Gasteiger partial charge on any atom is -0.388 e. The quantitative estimate of drug-likeness (QED) is 0.444. The van der Waals surface area contributed by atoms with E-state index in [-0.39, 0.29) is 11.3 Å². The summed E-state index contributed by atoms with van der Waals surface area (Å²) in [5.41, 5.74) is 0.671. The average Bonchev–Trinajstić information content (AvgIpc) is 2.15. The Morgan fingerprint density at radius 3 is 2.64 bits per heavy atom. The van der Waals surface area contributed by atoms with Crippen LogP contribution in [0.4, 0.5) is 5.69 Å². The number of aliphatic hydroxyl groups excluding tert-OH is 1. The molecule has 0 radical (unpaired) electrons. The fraction of sp³-hybridized carbons (Fsp3) is 0.222. The Balaban J connectivity index is 3.12. The number of aryl methyl sites for hydroxylation is 1. The topological polar surface area (TPSA) is 80.4 Å². The first kappa shape index (κ1) is 10.3. The molecule has 0 amide bonds. The molecule has 0 aliphatic carbocycles. The van der Waals surface area contributed by atoms with Crippen molar-refractivity contribution in [1.82, 2.24) is 0 Å². The summed E-state index contributed by atoms with van der Waals surface area (Å²) in [6, 6.07) is 4.00. The number of carbonyl (C=O) groups is 1. The second kappa shape index (κ2) is 3.97. The minimum atomic E-state index is -0.586. The van der Waals surface area contributed by atoms with E-state index in [0.717, 1.165) is 0 Å². The first-order chi connectivity index (χ1) is 6.56. The van der Waals surface area contributed by atoms with Gasteiger partial charge in [-0.3, -0.25) is 14.9 Å². The number of carbonyl (C=O) groups excluding carboxylic acids is 1. The fourth-order valence-electron chi connectivity index (χ4n) is 1.13. The lowest BCUT2D eigenvalue weighted by Crippen LogP contribution is -2.05. The predicted molar refractivity (Wildman–Crippen MR) is 49.2 cm³/mol. The number of aliphatic hydroxyl groups is 1. The first-order valence-corrected chi connectivity index (χ1v) is 3.95. The maximum Gasteiger partial charge on any atom is 0.272 e. The van der Waals surface area contributed by atoms with Crippen molar-refractivity contribution in [3.63, 3.8) is 0 Å². The molecular formula is C9H9NO4. The minimum absolute atomic E-state index is 0.0283. The van der Waals surface area contributed by atoms with Crippen LogP contribution in [0.3, 0.4) is 0 Å². The van der Waals surface area contributed by atoms with Gasteiger partial charge >= 0.3 is 0 Å². The molecule has 0 aliphatic heterocycles. The molecule has 5 nitrogen and oxygen atoms in total. The van der Waals surface area contributed by atoms with Crippen LogP contribution in [0.5, 0.6) is 0 Å². The SMILES string of the molecule is Cc1cc(C(=O)CO)ccc1[N+](=O)[O-]. The van der Waals surface area contributed by atoms with Crippen molar-refractivity contribution in [3.05, 3.63) is 39.4 Å². The first-order valence-electron chi connectivity index (χ1n) is 3.95. The summed E-state index contributed by atoms with van der Waals surface area (Å²) in [6.07, 6.45) is 0. The molecular weight excluding hydrogens is 186 g/mol.